The molecule has 1 aromatic rings. The predicted octanol–water partition coefficient (Wildman–Crippen LogP) is 3.11. The molecule has 0 unspecified atom stereocenters. The summed E-state index contributed by atoms with van der Waals surface area (Å²) in [5.74, 6) is 2.23. The summed E-state index contributed by atoms with van der Waals surface area (Å²) in [4.78, 5) is 4.26. The highest BCUT2D eigenvalue weighted by molar-refractivity contribution is 5.79. The molecule has 2 N–H and O–H groups in total. The summed E-state index contributed by atoms with van der Waals surface area (Å²) in [5.41, 5.74) is 1.10. The predicted molar refractivity (Wildman–Crippen MR) is 105 cm³/mol. The maximum Gasteiger partial charge on any atom is 0.191 e. The largest absolute Gasteiger partial charge is 0.493 e. The number of aliphatic imine (C=N–C) groups is 1. The van der Waals surface area contributed by atoms with E-state index in [1.54, 1.807) is 21.3 Å². The van der Waals surface area contributed by atoms with Gasteiger partial charge in [0, 0.05) is 20.1 Å². The molecule has 0 bridgehead atoms. The monoisotopic (exact) mass is 363 g/mol. The number of nitrogens with one attached hydrogen (secondary N) is 2. The number of hydrogen-bond acceptors (Lipinski definition) is 4. The summed E-state index contributed by atoms with van der Waals surface area (Å²) in [6.45, 7) is 2.12. The molecule has 1 saturated carbocycles. The van der Waals surface area contributed by atoms with Crippen molar-refractivity contribution in [3.8, 4) is 11.5 Å². The van der Waals surface area contributed by atoms with Crippen LogP contribution < -0.4 is 20.1 Å². The zero-order chi connectivity index (χ0) is 18.6. The summed E-state index contributed by atoms with van der Waals surface area (Å²) >= 11 is 0. The van der Waals surface area contributed by atoms with Gasteiger partial charge in [-0.1, -0.05) is 31.7 Å². The fourth-order valence-electron chi connectivity index (χ4n) is 3.20. The highest BCUT2D eigenvalue weighted by atomic mass is 16.5. The van der Waals surface area contributed by atoms with Crippen LogP contribution in [0.25, 0.3) is 0 Å². The van der Waals surface area contributed by atoms with Crippen molar-refractivity contribution >= 4 is 5.96 Å². The van der Waals surface area contributed by atoms with Gasteiger partial charge >= 0.3 is 0 Å². The molecule has 1 aliphatic carbocycles. The number of methoxy groups -OCH3 is 2. The van der Waals surface area contributed by atoms with Crippen molar-refractivity contribution in [3.63, 3.8) is 0 Å². The number of guanidine groups is 1. The minimum absolute atomic E-state index is 0.432. The van der Waals surface area contributed by atoms with Gasteiger partial charge in [-0.25, -0.2) is 0 Å². The minimum atomic E-state index is 0.432. The Morgan fingerprint density at radius 2 is 1.77 bits per heavy atom. The lowest BCUT2D eigenvalue weighted by molar-refractivity contribution is 0.0468. The third kappa shape index (κ3) is 6.75. The van der Waals surface area contributed by atoms with Crippen LogP contribution in [-0.2, 0) is 11.3 Å². The van der Waals surface area contributed by atoms with Gasteiger partial charge in [-0.15, -0.1) is 0 Å². The Morgan fingerprint density at radius 3 is 2.42 bits per heavy atom. The lowest BCUT2D eigenvalue weighted by atomic mass is 10.1. The zero-order valence-electron chi connectivity index (χ0n) is 16.3. The molecule has 6 heteroatoms. The number of rotatable bonds is 8. The summed E-state index contributed by atoms with van der Waals surface area (Å²) in [7, 11) is 5.05. The first kappa shape index (κ1) is 20.4. The fourth-order valence-corrected chi connectivity index (χ4v) is 3.20. The second-order valence-electron chi connectivity index (χ2n) is 6.53. The zero-order valence-corrected chi connectivity index (χ0v) is 16.3. The van der Waals surface area contributed by atoms with Crippen molar-refractivity contribution in [2.24, 2.45) is 4.99 Å². The molecule has 0 amide bonds. The van der Waals surface area contributed by atoms with Crippen LogP contribution in [0.3, 0.4) is 0 Å². The van der Waals surface area contributed by atoms with E-state index in [4.69, 9.17) is 14.2 Å². The van der Waals surface area contributed by atoms with E-state index in [2.05, 4.69) is 15.6 Å². The molecule has 0 aliphatic heterocycles. The summed E-state index contributed by atoms with van der Waals surface area (Å²) in [5, 5.41) is 6.61. The van der Waals surface area contributed by atoms with E-state index in [9.17, 15) is 0 Å². The van der Waals surface area contributed by atoms with Crippen LogP contribution in [0.5, 0.6) is 11.5 Å². The van der Waals surface area contributed by atoms with E-state index >= 15 is 0 Å². The van der Waals surface area contributed by atoms with Gasteiger partial charge in [0.15, 0.2) is 17.5 Å². The van der Waals surface area contributed by atoms with Crippen molar-refractivity contribution in [1.82, 2.24) is 10.6 Å². The summed E-state index contributed by atoms with van der Waals surface area (Å²) < 4.78 is 16.6. The Morgan fingerprint density at radius 1 is 1.04 bits per heavy atom. The van der Waals surface area contributed by atoms with Gasteiger partial charge in [-0.05, 0) is 30.5 Å². The molecule has 0 heterocycles. The summed E-state index contributed by atoms with van der Waals surface area (Å²) in [6.07, 6.45) is 8.13. The molecular weight excluding hydrogens is 330 g/mol. The average Bonchev–Trinajstić information content (AvgIpc) is 2.96. The third-order valence-electron chi connectivity index (χ3n) is 4.68. The molecule has 26 heavy (non-hydrogen) atoms. The lowest BCUT2D eigenvalue weighted by Gasteiger charge is -2.17. The Hall–Kier alpha value is -1.95. The normalized spacial score (nSPS) is 16.0. The number of nitrogens with zero attached hydrogens (tertiary/aromatic N) is 1. The molecule has 2 rings (SSSR count). The fraction of sp³-hybridized carbons (Fsp3) is 0.650. The Balaban J connectivity index is 1.70. The second kappa shape index (κ2) is 11.6. The van der Waals surface area contributed by atoms with E-state index in [-0.39, 0.29) is 0 Å². The number of hydrogen-bond donors (Lipinski definition) is 2. The Bertz CT molecular complexity index is 555. The first-order valence-electron chi connectivity index (χ1n) is 9.54. The molecule has 1 aliphatic rings. The molecule has 0 atom stereocenters. The van der Waals surface area contributed by atoms with E-state index in [0.29, 0.717) is 19.3 Å². The van der Waals surface area contributed by atoms with Crippen LogP contribution in [0, 0.1) is 0 Å². The van der Waals surface area contributed by atoms with Crippen LogP contribution in [0.15, 0.2) is 23.2 Å². The topological polar surface area (TPSA) is 64.1 Å². The minimum Gasteiger partial charge on any atom is -0.493 e. The van der Waals surface area contributed by atoms with Gasteiger partial charge in [0.25, 0.3) is 0 Å². The van der Waals surface area contributed by atoms with Gasteiger partial charge in [-0.3, -0.25) is 4.99 Å². The van der Waals surface area contributed by atoms with Crippen LogP contribution in [-0.4, -0.2) is 46.5 Å². The van der Waals surface area contributed by atoms with Crippen LogP contribution in [0.2, 0.25) is 0 Å². The molecular formula is C20H33N3O3. The molecule has 0 saturated heterocycles. The molecule has 6 nitrogen and oxygen atoms in total. The van der Waals surface area contributed by atoms with Crippen LogP contribution in [0.1, 0.15) is 44.1 Å². The Labute approximate surface area is 157 Å². The number of ether oxygens (including phenoxy) is 3. The van der Waals surface area contributed by atoms with Crippen molar-refractivity contribution in [1.29, 1.82) is 0 Å². The Kier molecular flexibility index (Phi) is 9.10. The molecule has 0 radical (unpaired) electrons. The second-order valence-corrected chi connectivity index (χ2v) is 6.53. The SMILES string of the molecule is CN=C(NCCOC1CCCCCC1)NCc1ccc(OC)c(OC)c1. The van der Waals surface area contributed by atoms with Crippen molar-refractivity contribution in [2.75, 3.05) is 34.4 Å². The highest BCUT2D eigenvalue weighted by Gasteiger charge is 2.12. The third-order valence-corrected chi connectivity index (χ3v) is 4.68. The van der Waals surface area contributed by atoms with E-state index in [1.165, 1.54) is 38.5 Å². The molecule has 146 valence electrons. The van der Waals surface area contributed by atoms with Crippen LogP contribution >= 0.6 is 0 Å². The average molecular weight is 364 g/mol. The van der Waals surface area contributed by atoms with Crippen molar-refractivity contribution < 1.29 is 14.2 Å². The van der Waals surface area contributed by atoms with Crippen molar-refractivity contribution in [2.45, 2.75) is 51.2 Å². The molecule has 1 fully saturated rings. The smallest absolute Gasteiger partial charge is 0.191 e. The van der Waals surface area contributed by atoms with E-state index < -0.39 is 0 Å². The van der Waals surface area contributed by atoms with Gasteiger partial charge in [0.05, 0.1) is 26.9 Å². The van der Waals surface area contributed by atoms with Crippen molar-refractivity contribution in [3.05, 3.63) is 23.8 Å². The van der Waals surface area contributed by atoms with Crippen LogP contribution in [0.4, 0.5) is 0 Å². The highest BCUT2D eigenvalue weighted by Crippen LogP contribution is 2.27. The quantitative estimate of drug-likeness (QED) is 0.322. The number of benzene rings is 1. The molecule has 0 aromatic heterocycles. The standard InChI is InChI=1S/C20H33N3O3/c1-21-20(22-12-13-26-17-8-6-4-5-7-9-17)23-15-16-10-11-18(24-2)19(14-16)25-3/h10-11,14,17H,4-9,12-13,15H2,1-3H3,(H2,21,22,23). The molecule has 1 aromatic carbocycles. The van der Waals surface area contributed by atoms with Gasteiger partial charge in [-0.2, -0.15) is 0 Å². The maximum absolute atomic E-state index is 6.00. The maximum atomic E-state index is 6.00. The molecule has 0 spiro atoms. The first-order chi connectivity index (χ1) is 12.8. The van der Waals surface area contributed by atoms with E-state index in [0.717, 1.165) is 29.6 Å². The van der Waals surface area contributed by atoms with Gasteiger partial charge in [0.2, 0.25) is 0 Å². The summed E-state index contributed by atoms with van der Waals surface area (Å²) in [6, 6.07) is 5.89. The van der Waals surface area contributed by atoms with Gasteiger partial charge in [0.1, 0.15) is 0 Å². The van der Waals surface area contributed by atoms with E-state index in [1.807, 2.05) is 18.2 Å². The lowest BCUT2D eigenvalue weighted by Crippen LogP contribution is -2.38. The first-order valence-corrected chi connectivity index (χ1v) is 9.54. The van der Waals surface area contributed by atoms with Gasteiger partial charge < -0.3 is 24.8 Å².